The molecule has 0 aliphatic heterocycles. The van der Waals surface area contributed by atoms with Crippen LogP contribution in [0.1, 0.15) is 18.1 Å². The average Bonchev–Trinajstić information content (AvgIpc) is 2.67. The molecule has 1 amide bonds. The Morgan fingerprint density at radius 1 is 1.15 bits per heavy atom. The number of ether oxygens (including phenoxy) is 2. The second-order valence-electron chi connectivity index (χ2n) is 5.44. The van der Waals surface area contributed by atoms with Gasteiger partial charge in [-0.25, -0.2) is 0 Å². The minimum Gasteiger partial charge on any atom is -0.493 e. The molecule has 0 aliphatic carbocycles. The number of nitrogens with zero attached hydrogens (tertiary/aromatic N) is 1. The predicted octanol–water partition coefficient (Wildman–Crippen LogP) is 3.41. The fourth-order valence-electron chi connectivity index (χ4n) is 2.10. The van der Waals surface area contributed by atoms with E-state index in [0.29, 0.717) is 23.1 Å². The molecule has 1 N–H and O–H groups in total. The van der Waals surface area contributed by atoms with E-state index in [9.17, 15) is 4.79 Å². The molecule has 7 heteroatoms. The van der Waals surface area contributed by atoms with Crippen molar-refractivity contribution in [2.75, 3.05) is 14.2 Å². The van der Waals surface area contributed by atoms with Gasteiger partial charge < -0.3 is 19.6 Å². The Labute approximate surface area is 157 Å². The van der Waals surface area contributed by atoms with Crippen LogP contribution in [-0.2, 0) is 16.2 Å². The molecule has 0 spiro atoms. The lowest BCUT2D eigenvalue weighted by Crippen LogP contribution is -2.33. The van der Waals surface area contributed by atoms with E-state index < -0.39 is 6.10 Å². The molecule has 2 rings (SSSR count). The van der Waals surface area contributed by atoms with Crippen molar-refractivity contribution in [3.8, 4) is 11.5 Å². The lowest BCUT2D eigenvalue weighted by atomic mass is 10.2. The van der Waals surface area contributed by atoms with Gasteiger partial charge in [-0.15, -0.1) is 0 Å². The van der Waals surface area contributed by atoms with Crippen LogP contribution in [0.15, 0.2) is 47.6 Å². The van der Waals surface area contributed by atoms with E-state index in [1.807, 2.05) is 12.1 Å². The maximum atomic E-state index is 12.0. The summed E-state index contributed by atoms with van der Waals surface area (Å²) in [7, 11) is 3.13. The minimum absolute atomic E-state index is 0.260. The lowest BCUT2D eigenvalue weighted by molar-refractivity contribution is -0.131. The monoisotopic (exact) mass is 376 g/mol. The van der Waals surface area contributed by atoms with Gasteiger partial charge in [-0.3, -0.25) is 4.79 Å². The van der Waals surface area contributed by atoms with E-state index >= 15 is 0 Å². The number of hydrogen-bond acceptors (Lipinski definition) is 5. The molecule has 6 nitrogen and oxygen atoms in total. The zero-order valence-electron chi connectivity index (χ0n) is 14.9. The summed E-state index contributed by atoms with van der Waals surface area (Å²) < 4.78 is 10.4. The van der Waals surface area contributed by atoms with Gasteiger partial charge in [-0.05, 0) is 42.8 Å². The highest BCUT2D eigenvalue weighted by Crippen LogP contribution is 2.26. The Kier molecular flexibility index (Phi) is 7.29. The zero-order valence-corrected chi connectivity index (χ0v) is 15.6. The van der Waals surface area contributed by atoms with E-state index in [0.717, 1.165) is 11.1 Å². The number of nitrogens with one attached hydrogen (secondary N) is 1. The quantitative estimate of drug-likeness (QED) is 0.566. The first kappa shape index (κ1) is 19.6. The number of halogens is 1. The minimum atomic E-state index is -0.723. The largest absolute Gasteiger partial charge is 0.493 e. The number of amides is 1. The first-order chi connectivity index (χ1) is 12.5. The highest BCUT2D eigenvalue weighted by Gasteiger charge is 2.13. The van der Waals surface area contributed by atoms with Crippen molar-refractivity contribution in [1.82, 2.24) is 5.32 Å². The van der Waals surface area contributed by atoms with E-state index in [1.54, 1.807) is 51.5 Å². The Balaban J connectivity index is 1.85. The topological polar surface area (TPSA) is 69.2 Å². The van der Waals surface area contributed by atoms with Crippen LogP contribution in [-0.4, -0.2) is 32.4 Å². The standard InChI is InChI=1S/C19H21ClN2O4/c1-13(19(23)21-11-14-4-7-16(20)8-5-14)26-22-12-15-6-9-17(24-2)18(10-15)25-3/h4-10,12-13H,11H2,1-3H3,(H,21,23)/b22-12+. The summed E-state index contributed by atoms with van der Waals surface area (Å²) >= 11 is 5.83. The summed E-state index contributed by atoms with van der Waals surface area (Å²) in [5, 5.41) is 7.30. The average molecular weight is 377 g/mol. The second-order valence-corrected chi connectivity index (χ2v) is 5.88. The molecule has 0 fully saturated rings. The van der Waals surface area contributed by atoms with Crippen LogP contribution in [0.4, 0.5) is 0 Å². The molecule has 0 saturated heterocycles. The van der Waals surface area contributed by atoms with Crippen LogP contribution >= 0.6 is 11.6 Å². The summed E-state index contributed by atoms with van der Waals surface area (Å²) in [6.45, 7) is 2.02. The van der Waals surface area contributed by atoms with Gasteiger partial charge in [0.2, 0.25) is 6.10 Å². The van der Waals surface area contributed by atoms with E-state index in [-0.39, 0.29) is 5.91 Å². The fraction of sp³-hybridized carbons (Fsp3) is 0.263. The summed E-state index contributed by atoms with van der Waals surface area (Å²) in [6, 6.07) is 12.6. The maximum absolute atomic E-state index is 12.0. The number of hydrogen-bond donors (Lipinski definition) is 1. The molecule has 0 aliphatic rings. The Morgan fingerprint density at radius 2 is 1.85 bits per heavy atom. The third-order valence-electron chi connectivity index (χ3n) is 3.58. The first-order valence-electron chi connectivity index (χ1n) is 7.97. The molecule has 0 bridgehead atoms. The summed E-state index contributed by atoms with van der Waals surface area (Å²) in [6.07, 6.45) is 0.781. The van der Waals surface area contributed by atoms with E-state index in [1.165, 1.54) is 6.21 Å². The van der Waals surface area contributed by atoms with Crippen molar-refractivity contribution in [1.29, 1.82) is 0 Å². The van der Waals surface area contributed by atoms with Crippen LogP contribution in [0.5, 0.6) is 11.5 Å². The van der Waals surface area contributed by atoms with Gasteiger partial charge in [0.05, 0.1) is 20.4 Å². The van der Waals surface area contributed by atoms with Gasteiger partial charge in [-0.1, -0.05) is 28.9 Å². The van der Waals surface area contributed by atoms with Crippen molar-refractivity contribution in [2.45, 2.75) is 19.6 Å². The third kappa shape index (κ3) is 5.67. The van der Waals surface area contributed by atoms with Crippen LogP contribution in [0.2, 0.25) is 5.02 Å². The normalized spacial score (nSPS) is 11.8. The lowest BCUT2D eigenvalue weighted by Gasteiger charge is -2.11. The molecule has 138 valence electrons. The van der Waals surface area contributed by atoms with Gasteiger partial charge in [0.1, 0.15) is 0 Å². The Morgan fingerprint density at radius 3 is 2.50 bits per heavy atom. The molecule has 0 saturated carbocycles. The number of rotatable bonds is 8. The number of carbonyl (C=O) groups excluding carboxylic acids is 1. The summed E-state index contributed by atoms with van der Waals surface area (Å²) in [5.74, 6) is 0.954. The highest BCUT2D eigenvalue weighted by atomic mass is 35.5. The van der Waals surface area contributed by atoms with Crippen LogP contribution in [0.3, 0.4) is 0 Å². The number of benzene rings is 2. The van der Waals surface area contributed by atoms with Crippen molar-refractivity contribution < 1.29 is 19.1 Å². The maximum Gasteiger partial charge on any atom is 0.263 e. The second kappa shape index (κ2) is 9.68. The molecule has 0 heterocycles. The molecule has 1 unspecified atom stereocenters. The third-order valence-corrected chi connectivity index (χ3v) is 3.83. The molecule has 0 radical (unpaired) electrons. The van der Waals surface area contributed by atoms with Crippen LogP contribution in [0, 0.1) is 0 Å². The van der Waals surface area contributed by atoms with Gasteiger partial charge in [-0.2, -0.15) is 0 Å². The molecule has 1 atom stereocenters. The van der Waals surface area contributed by atoms with Crippen molar-refractivity contribution in [2.24, 2.45) is 5.16 Å². The zero-order chi connectivity index (χ0) is 18.9. The molecule has 26 heavy (non-hydrogen) atoms. The smallest absolute Gasteiger partial charge is 0.263 e. The van der Waals surface area contributed by atoms with Gasteiger partial charge in [0.15, 0.2) is 11.5 Å². The Hall–Kier alpha value is -2.73. The van der Waals surface area contributed by atoms with E-state index in [4.69, 9.17) is 25.9 Å². The summed E-state index contributed by atoms with van der Waals surface area (Å²) in [5.41, 5.74) is 1.71. The molecular weight excluding hydrogens is 356 g/mol. The van der Waals surface area contributed by atoms with Crippen LogP contribution in [0.25, 0.3) is 0 Å². The molecular formula is C19H21ClN2O4. The molecule has 2 aromatic carbocycles. The summed E-state index contributed by atoms with van der Waals surface area (Å²) in [4.78, 5) is 17.2. The van der Waals surface area contributed by atoms with E-state index in [2.05, 4.69) is 10.5 Å². The van der Waals surface area contributed by atoms with Gasteiger partial charge in [0, 0.05) is 17.1 Å². The van der Waals surface area contributed by atoms with Crippen LogP contribution < -0.4 is 14.8 Å². The SMILES string of the molecule is COc1ccc(/C=N/OC(C)C(=O)NCc2ccc(Cl)cc2)cc1OC. The number of methoxy groups -OCH3 is 2. The molecule has 2 aromatic rings. The van der Waals surface area contributed by atoms with Gasteiger partial charge in [0.25, 0.3) is 5.91 Å². The first-order valence-corrected chi connectivity index (χ1v) is 8.34. The van der Waals surface area contributed by atoms with Gasteiger partial charge >= 0.3 is 0 Å². The fourth-order valence-corrected chi connectivity index (χ4v) is 2.22. The highest BCUT2D eigenvalue weighted by molar-refractivity contribution is 6.30. The van der Waals surface area contributed by atoms with Crippen molar-refractivity contribution >= 4 is 23.7 Å². The molecule has 0 aromatic heterocycles. The predicted molar refractivity (Wildman–Crippen MR) is 101 cm³/mol. The number of oxime groups is 1. The Bertz CT molecular complexity index is 763. The number of carbonyl (C=O) groups is 1. The van der Waals surface area contributed by atoms with Crippen molar-refractivity contribution in [3.63, 3.8) is 0 Å². The van der Waals surface area contributed by atoms with Crippen molar-refractivity contribution in [3.05, 3.63) is 58.6 Å².